The number of hydrogen-bond donors (Lipinski definition) is 2. The van der Waals surface area contributed by atoms with Gasteiger partial charge in [0.25, 0.3) is 10.0 Å². The van der Waals surface area contributed by atoms with Gasteiger partial charge in [-0.25, -0.2) is 18.1 Å². The molecule has 0 aliphatic heterocycles. The van der Waals surface area contributed by atoms with Crippen LogP contribution in [-0.2, 0) is 10.0 Å². The Kier molecular flexibility index (Phi) is 4.56. The Morgan fingerprint density at radius 2 is 2.40 bits per heavy atom. The van der Waals surface area contributed by atoms with Crippen molar-refractivity contribution in [1.82, 2.24) is 14.7 Å². The molecule has 1 unspecified atom stereocenters. The van der Waals surface area contributed by atoms with E-state index in [1.807, 2.05) is 6.92 Å². The Bertz CT molecular complexity index is 377. The van der Waals surface area contributed by atoms with Gasteiger partial charge in [0.1, 0.15) is 0 Å². The van der Waals surface area contributed by atoms with Gasteiger partial charge in [0.15, 0.2) is 5.03 Å². The minimum atomic E-state index is -3.48. The van der Waals surface area contributed by atoms with E-state index in [9.17, 15) is 8.42 Å². The Morgan fingerprint density at radius 3 is 2.93 bits per heavy atom. The van der Waals surface area contributed by atoms with E-state index in [0.29, 0.717) is 0 Å². The average Bonchev–Trinajstić information content (AvgIpc) is 2.69. The van der Waals surface area contributed by atoms with Gasteiger partial charge in [0.05, 0.1) is 12.5 Å². The molecule has 0 aliphatic rings. The number of nitrogens with zero attached hydrogens (tertiary/aromatic N) is 1. The third kappa shape index (κ3) is 3.81. The fourth-order valence-corrected chi connectivity index (χ4v) is 2.45. The molecule has 0 radical (unpaired) electrons. The van der Waals surface area contributed by atoms with E-state index in [0.717, 1.165) is 12.8 Å². The highest BCUT2D eigenvalue weighted by atomic mass is 35.5. The highest BCUT2D eigenvalue weighted by Gasteiger charge is 2.16. The molecule has 15 heavy (non-hydrogen) atoms. The maximum absolute atomic E-state index is 11.6. The first-order chi connectivity index (χ1) is 7.06. The molecule has 86 valence electrons. The van der Waals surface area contributed by atoms with Crippen LogP contribution in [0.3, 0.4) is 0 Å². The van der Waals surface area contributed by atoms with Crippen LogP contribution >= 0.6 is 11.6 Å². The Hall–Kier alpha value is -0.590. The second kappa shape index (κ2) is 5.48. The second-order valence-corrected chi connectivity index (χ2v) is 5.51. The summed E-state index contributed by atoms with van der Waals surface area (Å²) in [7, 11) is -3.48. The molecule has 1 aromatic heterocycles. The van der Waals surface area contributed by atoms with Crippen LogP contribution in [0.2, 0.25) is 0 Å². The van der Waals surface area contributed by atoms with E-state index in [2.05, 4.69) is 14.7 Å². The summed E-state index contributed by atoms with van der Waals surface area (Å²) < 4.78 is 25.5. The lowest BCUT2D eigenvalue weighted by molar-refractivity contribution is 0.574. The van der Waals surface area contributed by atoms with Crippen molar-refractivity contribution in [3.63, 3.8) is 0 Å². The fourth-order valence-electron chi connectivity index (χ4n) is 1.08. The van der Waals surface area contributed by atoms with E-state index in [1.54, 1.807) is 0 Å². The fraction of sp³-hybridized carbons (Fsp3) is 0.625. The van der Waals surface area contributed by atoms with Crippen LogP contribution in [0.1, 0.15) is 19.8 Å². The summed E-state index contributed by atoms with van der Waals surface area (Å²) in [6.07, 6.45) is 4.29. The summed E-state index contributed by atoms with van der Waals surface area (Å²) in [5, 5.41) is -0.115. The number of halogens is 1. The van der Waals surface area contributed by atoms with Crippen LogP contribution in [0.15, 0.2) is 17.6 Å². The first kappa shape index (κ1) is 12.5. The predicted octanol–water partition coefficient (Wildman–Crippen LogP) is 1.10. The summed E-state index contributed by atoms with van der Waals surface area (Å²) in [6, 6.07) is 0. The summed E-state index contributed by atoms with van der Waals surface area (Å²) >= 11 is 5.90. The van der Waals surface area contributed by atoms with Crippen molar-refractivity contribution >= 4 is 21.6 Å². The monoisotopic (exact) mass is 251 g/mol. The lowest BCUT2D eigenvalue weighted by Crippen LogP contribution is -2.30. The van der Waals surface area contributed by atoms with Gasteiger partial charge >= 0.3 is 0 Å². The minimum absolute atomic E-state index is 0.0582. The quantitative estimate of drug-likeness (QED) is 0.744. The Balaban J connectivity index is 2.52. The van der Waals surface area contributed by atoms with Crippen LogP contribution in [0.25, 0.3) is 0 Å². The molecule has 0 aliphatic carbocycles. The maximum Gasteiger partial charge on any atom is 0.257 e. The van der Waals surface area contributed by atoms with Crippen molar-refractivity contribution in [2.24, 2.45) is 0 Å². The number of nitrogens with one attached hydrogen (secondary N) is 2. The van der Waals surface area contributed by atoms with Crippen molar-refractivity contribution in [2.75, 3.05) is 6.54 Å². The average molecular weight is 252 g/mol. The number of alkyl halides is 1. The zero-order valence-corrected chi connectivity index (χ0v) is 9.98. The smallest absolute Gasteiger partial charge is 0.257 e. The van der Waals surface area contributed by atoms with Crippen molar-refractivity contribution < 1.29 is 8.42 Å². The summed E-state index contributed by atoms with van der Waals surface area (Å²) in [4.78, 5) is 6.17. The van der Waals surface area contributed by atoms with E-state index < -0.39 is 10.0 Å². The van der Waals surface area contributed by atoms with Crippen LogP contribution in [-0.4, -0.2) is 30.3 Å². The van der Waals surface area contributed by atoms with E-state index in [-0.39, 0.29) is 16.9 Å². The standard InChI is InChI=1S/C8H14ClN3O2S/c1-2-3-7(9)4-12-15(13,14)8-5-10-6-11-8/h5-7,12H,2-4H2,1H3,(H,10,11). The zero-order chi connectivity index (χ0) is 11.3. The lowest BCUT2D eigenvalue weighted by atomic mass is 10.2. The van der Waals surface area contributed by atoms with E-state index >= 15 is 0 Å². The van der Waals surface area contributed by atoms with Crippen molar-refractivity contribution in [3.05, 3.63) is 12.5 Å². The van der Waals surface area contributed by atoms with Gasteiger partial charge in [-0.1, -0.05) is 13.3 Å². The largest absolute Gasteiger partial charge is 0.335 e. The normalized spacial score (nSPS) is 14.0. The molecular formula is C8H14ClN3O2S. The highest BCUT2D eigenvalue weighted by molar-refractivity contribution is 7.89. The molecule has 1 aromatic rings. The van der Waals surface area contributed by atoms with Gasteiger partial charge in [-0.3, -0.25) is 0 Å². The molecule has 0 bridgehead atoms. The molecule has 0 saturated carbocycles. The predicted molar refractivity (Wildman–Crippen MR) is 58.3 cm³/mol. The van der Waals surface area contributed by atoms with Gasteiger partial charge in [-0.05, 0) is 6.42 Å². The van der Waals surface area contributed by atoms with Crippen LogP contribution < -0.4 is 4.72 Å². The van der Waals surface area contributed by atoms with Crippen molar-refractivity contribution in [1.29, 1.82) is 0 Å². The first-order valence-corrected chi connectivity index (χ1v) is 6.60. The number of imidazole rings is 1. The molecule has 0 saturated heterocycles. The van der Waals surface area contributed by atoms with Gasteiger partial charge < -0.3 is 4.98 Å². The first-order valence-electron chi connectivity index (χ1n) is 4.68. The summed E-state index contributed by atoms with van der Waals surface area (Å²) in [5.41, 5.74) is 0. The molecule has 1 rings (SSSR count). The molecule has 0 aromatic carbocycles. The molecule has 5 nitrogen and oxygen atoms in total. The molecule has 0 amide bonds. The lowest BCUT2D eigenvalue weighted by Gasteiger charge is -2.08. The van der Waals surface area contributed by atoms with Gasteiger partial charge in [0.2, 0.25) is 0 Å². The van der Waals surface area contributed by atoms with Gasteiger partial charge in [-0.15, -0.1) is 11.6 Å². The third-order valence-electron chi connectivity index (χ3n) is 1.86. The maximum atomic E-state index is 11.6. The Labute approximate surface area is 94.3 Å². The third-order valence-corrected chi connectivity index (χ3v) is 3.58. The highest BCUT2D eigenvalue weighted by Crippen LogP contribution is 2.06. The molecule has 7 heteroatoms. The SMILES string of the molecule is CCCC(Cl)CNS(=O)(=O)c1cnc[nH]1. The zero-order valence-electron chi connectivity index (χ0n) is 8.40. The number of H-pyrrole nitrogens is 1. The van der Waals surface area contributed by atoms with E-state index in [4.69, 9.17) is 11.6 Å². The van der Waals surface area contributed by atoms with Crippen LogP contribution in [0.4, 0.5) is 0 Å². The number of aromatic nitrogens is 2. The summed E-state index contributed by atoms with van der Waals surface area (Å²) in [6.45, 7) is 2.23. The molecule has 1 atom stereocenters. The number of rotatable bonds is 6. The van der Waals surface area contributed by atoms with Crippen LogP contribution in [0, 0.1) is 0 Å². The molecule has 1 heterocycles. The van der Waals surface area contributed by atoms with Gasteiger partial charge in [0, 0.05) is 11.9 Å². The minimum Gasteiger partial charge on any atom is -0.335 e. The van der Waals surface area contributed by atoms with Crippen molar-refractivity contribution in [3.8, 4) is 0 Å². The molecule has 2 N–H and O–H groups in total. The topological polar surface area (TPSA) is 74.8 Å². The number of aromatic amines is 1. The number of hydrogen-bond acceptors (Lipinski definition) is 3. The second-order valence-electron chi connectivity index (χ2n) is 3.15. The van der Waals surface area contributed by atoms with Crippen LogP contribution in [0.5, 0.6) is 0 Å². The Morgan fingerprint density at radius 1 is 1.67 bits per heavy atom. The molecule has 0 spiro atoms. The van der Waals surface area contributed by atoms with Crippen molar-refractivity contribution in [2.45, 2.75) is 30.2 Å². The van der Waals surface area contributed by atoms with Gasteiger partial charge in [-0.2, -0.15) is 0 Å². The molecule has 0 fully saturated rings. The van der Waals surface area contributed by atoms with E-state index in [1.165, 1.54) is 12.5 Å². The number of sulfonamides is 1. The molecular weight excluding hydrogens is 238 g/mol. The summed E-state index contributed by atoms with van der Waals surface area (Å²) in [5.74, 6) is 0.